The predicted molar refractivity (Wildman–Crippen MR) is 83.2 cm³/mol. The summed E-state index contributed by atoms with van der Waals surface area (Å²) in [5.74, 6) is 1.72. The van der Waals surface area contributed by atoms with Crippen molar-refractivity contribution in [2.24, 2.45) is 15.8 Å². The van der Waals surface area contributed by atoms with Crippen molar-refractivity contribution >= 4 is 5.71 Å². The molecule has 2 nitrogen and oxygen atoms in total. The Morgan fingerprint density at radius 3 is 2.55 bits per heavy atom. The molecule has 3 rings (SSSR count). The molecule has 1 heterocycles. The van der Waals surface area contributed by atoms with E-state index in [0.29, 0.717) is 0 Å². The van der Waals surface area contributed by atoms with Gasteiger partial charge >= 0.3 is 0 Å². The molecule has 0 spiro atoms. The third kappa shape index (κ3) is 2.55. The molecule has 0 atom stereocenters. The van der Waals surface area contributed by atoms with E-state index in [0.717, 1.165) is 29.3 Å². The fourth-order valence-corrected chi connectivity index (χ4v) is 2.34. The van der Waals surface area contributed by atoms with Crippen molar-refractivity contribution in [3.05, 3.63) is 59.7 Å². The van der Waals surface area contributed by atoms with Crippen molar-refractivity contribution in [2.75, 3.05) is 0 Å². The van der Waals surface area contributed by atoms with Crippen LogP contribution < -0.4 is 0 Å². The van der Waals surface area contributed by atoms with Crippen molar-refractivity contribution in [3.8, 4) is 0 Å². The number of rotatable bonds is 0. The van der Waals surface area contributed by atoms with Gasteiger partial charge in [-0.15, -0.1) is 0 Å². The number of allylic oxidation sites excluding steroid dienone is 7. The Balaban J connectivity index is 2.02. The molecule has 0 aromatic carbocycles. The molecule has 0 unspecified atom stereocenters. The standard InChI is InChI=1S/C18H21NO/c1-17(2)9-5-13-15(7-11-17)20-16-8-12-18(3,4)10-6-14(16)19-13/h5-11H,12H2,1-4H3. The van der Waals surface area contributed by atoms with Crippen LogP contribution in [-0.4, -0.2) is 5.71 Å². The summed E-state index contributed by atoms with van der Waals surface area (Å²) in [5, 5.41) is 0. The topological polar surface area (TPSA) is 21.6 Å². The maximum atomic E-state index is 6.06. The second-order valence-corrected chi connectivity index (χ2v) is 6.93. The van der Waals surface area contributed by atoms with Crippen LogP contribution in [0, 0.1) is 10.8 Å². The molecule has 3 aliphatic rings. The molecule has 0 saturated carbocycles. The summed E-state index contributed by atoms with van der Waals surface area (Å²) in [7, 11) is 0. The summed E-state index contributed by atoms with van der Waals surface area (Å²) in [4.78, 5) is 4.76. The highest BCUT2D eigenvalue weighted by Crippen LogP contribution is 2.34. The molecule has 0 aromatic heterocycles. The van der Waals surface area contributed by atoms with Crippen LogP contribution in [0.15, 0.2) is 64.7 Å². The molecule has 104 valence electrons. The highest BCUT2D eigenvalue weighted by molar-refractivity contribution is 6.08. The first-order valence-electron chi connectivity index (χ1n) is 7.14. The summed E-state index contributed by atoms with van der Waals surface area (Å²) in [6.45, 7) is 8.79. The summed E-state index contributed by atoms with van der Waals surface area (Å²) >= 11 is 0. The van der Waals surface area contributed by atoms with Gasteiger partial charge in [-0.2, -0.15) is 0 Å². The van der Waals surface area contributed by atoms with Gasteiger partial charge in [-0.25, -0.2) is 4.99 Å². The van der Waals surface area contributed by atoms with E-state index in [2.05, 4.69) is 64.2 Å². The summed E-state index contributed by atoms with van der Waals surface area (Å²) in [6, 6.07) is 0. The molecular formula is C18H21NO. The van der Waals surface area contributed by atoms with Crippen LogP contribution >= 0.6 is 0 Å². The van der Waals surface area contributed by atoms with Gasteiger partial charge in [0.25, 0.3) is 0 Å². The van der Waals surface area contributed by atoms with Crippen LogP contribution in [0.5, 0.6) is 0 Å². The summed E-state index contributed by atoms with van der Waals surface area (Å²) < 4.78 is 6.06. The van der Waals surface area contributed by atoms with E-state index in [1.807, 2.05) is 6.08 Å². The van der Waals surface area contributed by atoms with Crippen LogP contribution in [0.25, 0.3) is 0 Å². The molecular weight excluding hydrogens is 246 g/mol. The van der Waals surface area contributed by atoms with E-state index < -0.39 is 0 Å². The second kappa shape index (κ2) is 4.34. The Morgan fingerprint density at radius 1 is 1.00 bits per heavy atom. The van der Waals surface area contributed by atoms with Crippen molar-refractivity contribution in [1.29, 1.82) is 0 Å². The van der Waals surface area contributed by atoms with E-state index in [4.69, 9.17) is 9.73 Å². The van der Waals surface area contributed by atoms with E-state index in [-0.39, 0.29) is 10.8 Å². The largest absolute Gasteiger partial charge is 0.453 e. The maximum absolute atomic E-state index is 6.06. The summed E-state index contributed by atoms with van der Waals surface area (Å²) in [6.07, 6.45) is 15.8. The molecule has 2 heteroatoms. The summed E-state index contributed by atoms with van der Waals surface area (Å²) in [5.41, 5.74) is 2.02. The van der Waals surface area contributed by atoms with Crippen molar-refractivity contribution < 1.29 is 4.74 Å². The van der Waals surface area contributed by atoms with Gasteiger partial charge in [0.05, 0.1) is 0 Å². The minimum absolute atomic E-state index is 0.0369. The van der Waals surface area contributed by atoms with Crippen molar-refractivity contribution in [3.63, 3.8) is 0 Å². The number of hydrogen-bond donors (Lipinski definition) is 0. The smallest absolute Gasteiger partial charge is 0.152 e. The Hall–Kier alpha value is -1.83. The number of hydrogen-bond acceptors (Lipinski definition) is 2. The molecule has 0 amide bonds. The number of aliphatic imine (C=N–C) groups is 1. The normalized spacial score (nSPS) is 25.8. The zero-order valence-corrected chi connectivity index (χ0v) is 12.6. The zero-order valence-electron chi connectivity index (χ0n) is 12.6. The van der Waals surface area contributed by atoms with Gasteiger partial charge in [-0.1, -0.05) is 45.9 Å². The lowest BCUT2D eigenvalue weighted by atomic mass is 9.90. The van der Waals surface area contributed by atoms with E-state index in [1.54, 1.807) is 0 Å². The minimum atomic E-state index is 0.0369. The van der Waals surface area contributed by atoms with Crippen LogP contribution in [0.4, 0.5) is 0 Å². The fourth-order valence-electron chi connectivity index (χ4n) is 2.34. The van der Waals surface area contributed by atoms with Crippen LogP contribution in [-0.2, 0) is 4.74 Å². The molecule has 2 aliphatic carbocycles. The minimum Gasteiger partial charge on any atom is -0.453 e. The Morgan fingerprint density at radius 2 is 1.75 bits per heavy atom. The third-order valence-corrected chi connectivity index (χ3v) is 3.81. The lowest BCUT2D eigenvalue weighted by Crippen LogP contribution is -2.09. The van der Waals surface area contributed by atoms with Crippen molar-refractivity contribution in [2.45, 2.75) is 34.1 Å². The highest BCUT2D eigenvalue weighted by Gasteiger charge is 2.24. The van der Waals surface area contributed by atoms with Gasteiger partial charge in [0.1, 0.15) is 17.2 Å². The Bertz CT molecular complexity index is 622. The van der Waals surface area contributed by atoms with Crippen LogP contribution in [0.1, 0.15) is 34.1 Å². The molecule has 20 heavy (non-hydrogen) atoms. The lowest BCUT2D eigenvalue weighted by molar-refractivity contribution is 0.331. The average molecular weight is 267 g/mol. The average Bonchev–Trinajstić information content (AvgIpc) is 2.62. The van der Waals surface area contributed by atoms with Gasteiger partial charge in [0.15, 0.2) is 5.76 Å². The molecule has 0 radical (unpaired) electrons. The number of fused-ring (bicyclic) bond motifs is 1. The highest BCUT2D eigenvalue weighted by atomic mass is 16.5. The molecule has 1 aliphatic heterocycles. The quantitative estimate of drug-likeness (QED) is 0.624. The monoisotopic (exact) mass is 267 g/mol. The van der Waals surface area contributed by atoms with E-state index >= 15 is 0 Å². The van der Waals surface area contributed by atoms with Crippen molar-refractivity contribution in [1.82, 2.24) is 0 Å². The van der Waals surface area contributed by atoms with E-state index in [1.165, 1.54) is 0 Å². The van der Waals surface area contributed by atoms with Gasteiger partial charge in [-0.05, 0) is 36.1 Å². The maximum Gasteiger partial charge on any atom is 0.152 e. The van der Waals surface area contributed by atoms with Crippen LogP contribution in [0.3, 0.4) is 0 Å². The first-order valence-corrected chi connectivity index (χ1v) is 7.14. The fraction of sp³-hybridized carbons (Fsp3) is 0.389. The lowest BCUT2D eigenvalue weighted by Gasteiger charge is -2.17. The Labute approximate surface area is 120 Å². The van der Waals surface area contributed by atoms with Crippen LogP contribution in [0.2, 0.25) is 0 Å². The van der Waals surface area contributed by atoms with Gasteiger partial charge in [0, 0.05) is 5.41 Å². The molecule has 0 bridgehead atoms. The van der Waals surface area contributed by atoms with Gasteiger partial charge in [-0.3, -0.25) is 0 Å². The Kier molecular flexibility index (Phi) is 2.86. The molecule has 0 saturated heterocycles. The van der Waals surface area contributed by atoms with Gasteiger partial charge in [0.2, 0.25) is 0 Å². The molecule has 0 aromatic rings. The molecule has 0 fully saturated rings. The predicted octanol–water partition coefficient (Wildman–Crippen LogP) is 4.69. The number of ether oxygens (including phenoxy) is 1. The van der Waals surface area contributed by atoms with Gasteiger partial charge < -0.3 is 4.74 Å². The number of nitrogens with zero attached hydrogens (tertiary/aromatic N) is 1. The second-order valence-electron chi connectivity index (χ2n) is 6.93. The third-order valence-electron chi connectivity index (χ3n) is 3.81. The first kappa shape index (κ1) is 13.2. The first-order chi connectivity index (χ1) is 9.35. The van der Waals surface area contributed by atoms with E-state index in [9.17, 15) is 0 Å². The zero-order chi connectivity index (χ0) is 14.4. The molecule has 0 N–H and O–H groups in total. The SMILES string of the molecule is CC1(C)C=CC2=C(C=C1)OC1=CCC(C)(C)C=CC1=N2.